The largest absolute Gasteiger partial charge is 0.457 e. The van der Waals surface area contributed by atoms with Crippen LogP contribution in [0, 0.1) is 5.82 Å². The molecule has 0 amide bonds. The maximum absolute atomic E-state index is 12.9. The van der Waals surface area contributed by atoms with Crippen LogP contribution >= 0.6 is 0 Å². The predicted molar refractivity (Wildman–Crippen MR) is 82.8 cm³/mol. The zero-order valence-corrected chi connectivity index (χ0v) is 11.7. The van der Waals surface area contributed by atoms with Gasteiger partial charge in [0.15, 0.2) is 5.78 Å². The smallest absolute Gasteiger partial charge is 0.193 e. The van der Waals surface area contributed by atoms with Gasteiger partial charge in [0.25, 0.3) is 0 Å². The summed E-state index contributed by atoms with van der Waals surface area (Å²) in [5, 5.41) is 0. The summed E-state index contributed by atoms with van der Waals surface area (Å²) in [5.74, 6) is 0.886. The van der Waals surface area contributed by atoms with Crippen LogP contribution in [0.5, 0.6) is 11.5 Å². The molecule has 3 aromatic carbocycles. The minimum absolute atomic E-state index is 0.147. The fraction of sp³-hybridized carbons (Fsp3) is 0. The van der Waals surface area contributed by atoms with Gasteiger partial charge in [-0.25, -0.2) is 4.39 Å². The Morgan fingerprint density at radius 2 is 1.18 bits per heavy atom. The maximum atomic E-state index is 12.9. The van der Waals surface area contributed by atoms with Crippen molar-refractivity contribution in [3.8, 4) is 11.5 Å². The van der Waals surface area contributed by atoms with Crippen LogP contribution in [0.15, 0.2) is 78.9 Å². The number of benzene rings is 3. The van der Waals surface area contributed by atoms with Gasteiger partial charge >= 0.3 is 0 Å². The molecule has 0 fully saturated rings. The van der Waals surface area contributed by atoms with E-state index in [4.69, 9.17) is 4.74 Å². The molecule has 0 bridgehead atoms. The van der Waals surface area contributed by atoms with E-state index in [1.54, 1.807) is 24.3 Å². The Morgan fingerprint density at radius 1 is 0.682 bits per heavy atom. The van der Waals surface area contributed by atoms with Crippen molar-refractivity contribution >= 4 is 5.78 Å². The van der Waals surface area contributed by atoms with Crippen LogP contribution in [0.25, 0.3) is 0 Å². The number of ketones is 1. The zero-order chi connectivity index (χ0) is 15.4. The van der Waals surface area contributed by atoms with Gasteiger partial charge in [0.05, 0.1) is 0 Å². The highest BCUT2D eigenvalue weighted by atomic mass is 19.1. The lowest BCUT2D eigenvalue weighted by Crippen LogP contribution is -2.01. The third kappa shape index (κ3) is 3.20. The van der Waals surface area contributed by atoms with Crippen LogP contribution in [0.2, 0.25) is 0 Å². The van der Waals surface area contributed by atoms with Crippen molar-refractivity contribution in [1.29, 1.82) is 0 Å². The van der Waals surface area contributed by atoms with Crippen molar-refractivity contribution in [1.82, 2.24) is 0 Å². The molecule has 3 aromatic rings. The molecule has 0 heterocycles. The molecule has 0 radical (unpaired) electrons. The molecule has 0 spiro atoms. The predicted octanol–water partition coefficient (Wildman–Crippen LogP) is 4.85. The molecule has 0 saturated heterocycles. The number of rotatable bonds is 4. The summed E-state index contributed by atoms with van der Waals surface area (Å²) in [6, 6.07) is 21.8. The minimum atomic E-state index is -0.358. The van der Waals surface area contributed by atoms with Crippen molar-refractivity contribution < 1.29 is 13.9 Å². The van der Waals surface area contributed by atoms with Crippen molar-refractivity contribution in [3.05, 3.63) is 95.8 Å². The third-order valence-electron chi connectivity index (χ3n) is 3.20. The number of ether oxygens (including phenoxy) is 1. The van der Waals surface area contributed by atoms with E-state index in [-0.39, 0.29) is 11.6 Å². The highest BCUT2D eigenvalue weighted by molar-refractivity contribution is 6.08. The molecule has 0 saturated carbocycles. The number of para-hydroxylation sites is 1. The topological polar surface area (TPSA) is 26.3 Å². The first-order valence-electron chi connectivity index (χ1n) is 6.85. The zero-order valence-electron chi connectivity index (χ0n) is 11.7. The molecule has 0 unspecified atom stereocenters. The van der Waals surface area contributed by atoms with E-state index < -0.39 is 0 Å². The Labute approximate surface area is 127 Å². The minimum Gasteiger partial charge on any atom is -0.457 e. The summed E-state index contributed by atoms with van der Waals surface area (Å²) in [6.07, 6.45) is 0. The van der Waals surface area contributed by atoms with Crippen molar-refractivity contribution in [2.45, 2.75) is 0 Å². The Morgan fingerprint density at radius 3 is 1.77 bits per heavy atom. The van der Waals surface area contributed by atoms with Crippen LogP contribution in [-0.4, -0.2) is 5.78 Å². The quantitative estimate of drug-likeness (QED) is 0.643. The lowest BCUT2D eigenvalue weighted by Gasteiger charge is -2.06. The van der Waals surface area contributed by atoms with Crippen LogP contribution in [-0.2, 0) is 0 Å². The van der Waals surface area contributed by atoms with E-state index in [1.165, 1.54) is 24.3 Å². The molecule has 0 aliphatic carbocycles. The molecule has 3 rings (SSSR count). The molecular weight excluding hydrogens is 279 g/mol. The number of hydrogen-bond donors (Lipinski definition) is 0. The van der Waals surface area contributed by atoms with E-state index in [1.807, 2.05) is 30.3 Å². The Bertz CT molecular complexity index is 763. The van der Waals surface area contributed by atoms with Gasteiger partial charge in [-0.1, -0.05) is 18.2 Å². The van der Waals surface area contributed by atoms with Crippen LogP contribution in [0.3, 0.4) is 0 Å². The number of carbonyl (C=O) groups excluding carboxylic acids is 1. The molecule has 0 atom stereocenters. The third-order valence-corrected chi connectivity index (χ3v) is 3.20. The maximum Gasteiger partial charge on any atom is 0.193 e. The van der Waals surface area contributed by atoms with E-state index in [9.17, 15) is 9.18 Å². The van der Waals surface area contributed by atoms with Gasteiger partial charge in [-0.05, 0) is 60.7 Å². The number of hydrogen-bond acceptors (Lipinski definition) is 2. The summed E-state index contributed by atoms with van der Waals surface area (Å²) in [5.41, 5.74) is 0.991. The van der Waals surface area contributed by atoms with Crippen molar-refractivity contribution in [2.24, 2.45) is 0 Å². The van der Waals surface area contributed by atoms with E-state index in [2.05, 4.69) is 0 Å². The second kappa shape index (κ2) is 6.22. The second-order valence-corrected chi connectivity index (χ2v) is 4.78. The van der Waals surface area contributed by atoms with Gasteiger partial charge in [0.1, 0.15) is 17.3 Å². The van der Waals surface area contributed by atoms with Crippen molar-refractivity contribution in [2.75, 3.05) is 0 Å². The first kappa shape index (κ1) is 14.0. The molecule has 0 N–H and O–H groups in total. The standard InChI is InChI=1S/C19H13FO2/c20-16-10-6-14(7-11-16)19(21)15-8-12-18(13-9-15)22-17-4-2-1-3-5-17/h1-13H. The molecule has 0 aliphatic rings. The normalized spacial score (nSPS) is 10.2. The lowest BCUT2D eigenvalue weighted by atomic mass is 10.0. The summed E-state index contributed by atoms with van der Waals surface area (Å²) >= 11 is 0. The Kier molecular flexibility index (Phi) is 3.97. The first-order valence-corrected chi connectivity index (χ1v) is 6.85. The molecule has 3 heteroatoms. The van der Waals surface area contributed by atoms with Gasteiger partial charge in [-0.3, -0.25) is 4.79 Å². The summed E-state index contributed by atoms with van der Waals surface area (Å²) in [4.78, 5) is 12.3. The summed E-state index contributed by atoms with van der Waals surface area (Å²) < 4.78 is 18.6. The highest BCUT2D eigenvalue weighted by Crippen LogP contribution is 2.22. The fourth-order valence-electron chi connectivity index (χ4n) is 2.07. The molecule has 22 heavy (non-hydrogen) atoms. The van der Waals surface area contributed by atoms with Crippen LogP contribution in [0.1, 0.15) is 15.9 Å². The van der Waals surface area contributed by atoms with Crippen molar-refractivity contribution in [3.63, 3.8) is 0 Å². The van der Waals surface area contributed by atoms with Crippen LogP contribution in [0.4, 0.5) is 4.39 Å². The highest BCUT2D eigenvalue weighted by Gasteiger charge is 2.09. The Hall–Kier alpha value is -2.94. The average molecular weight is 292 g/mol. The van der Waals surface area contributed by atoms with Crippen LogP contribution < -0.4 is 4.74 Å². The summed E-state index contributed by atoms with van der Waals surface area (Å²) in [6.45, 7) is 0. The monoisotopic (exact) mass is 292 g/mol. The molecular formula is C19H13FO2. The SMILES string of the molecule is O=C(c1ccc(F)cc1)c1ccc(Oc2ccccc2)cc1. The number of halogens is 1. The summed E-state index contributed by atoms with van der Waals surface area (Å²) in [7, 11) is 0. The fourth-order valence-corrected chi connectivity index (χ4v) is 2.07. The van der Waals surface area contributed by atoms with E-state index in [0.717, 1.165) is 5.75 Å². The molecule has 0 aliphatic heterocycles. The van der Waals surface area contributed by atoms with Gasteiger partial charge < -0.3 is 4.74 Å². The second-order valence-electron chi connectivity index (χ2n) is 4.78. The Balaban J connectivity index is 1.76. The molecule has 0 aromatic heterocycles. The lowest BCUT2D eigenvalue weighted by molar-refractivity contribution is 0.103. The molecule has 2 nitrogen and oxygen atoms in total. The number of carbonyl (C=O) groups is 1. The average Bonchev–Trinajstić information content (AvgIpc) is 2.57. The van der Waals surface area contributed by atoms with Gasteiger partial charge in [0.2, 0.25) is 0 Å². The van der Waals surface area contributed by atoms with Gasteiger partial charge in [-0.2, -0.15) is 0 Å². The van der Waals surface area contributed by atoms with E-state index >= 15 is 0 Å². The first-order chi connectivity index (χ1) is 10.7. The van der Waals surface area contributed by atoms with Gasteiger partial charge in [-0.15, -0.1) is 0 Å². The molecule has 108 valence electrons. The van der Waals surface area contributed by atoms with Gasteiger partial charge in [0, 0.05) is 11.1 Å². The van der Waals surface area contributed by atoms with E-state index in [0.29, 0.717) is 16.9 Å².